The molecule has 0 radical (unpaired) electrons. The van der Waals surface area contributed by atoms with Crippen molar-refractivity contribution in [2.24, 2.45) is 0 Å². The summed E-state index contributed by atoms with van der Waals surface area (Å²) in [7, 11) is 3.08. The summed E-state index contributed by atoms with van der Waals surface area (Å²) < 4.78 is 12.2. The molecular weight excluding hydrogens is 474 g/mol. The minimum absolute atomic E-state index is 0.0889. The fraction of sp³-hybridized carbons (Fsp3) is 0.160. The van der Waals surface area contributed by atoms with Crippen LogP contribution in [0.3, 0.4) is 0 Å². The lowest BCUT2D eigenvalue weighted by molar-refractivity contribution is -0.118. The molecule has 0 saturated carbocycles. The van der Waals surface area contributed by atoms with Gasteiger partial charge in [0.1, 0.15) is 0 Å². The number of nitrogens with zero attached hydrogens (tertiary/aromatic N) is 2. The van der Waals surface area contributed by atoms with E-state index in [0.717, 1.165) is 5.56 Å². The van der Waals surface area contributed by atoms with Crippen LogP contribution < -0.4 is 20.3 Å². The van der Waals surface area contributed by atoms with Gasteiger partial charge in [0.2, 0.25) is 5.91 Å². The van der Waals surface area contributed by atoms with E-state index in [1.165, 1.54) is 23.4 Å². The van der Waals surface area contributed by atoms with Gasteiger partial charge in [0.05, 0.1) is 36.6 Å². The first-order valence-electron chi connectivity index (χ1n) is 10.4. The zero-order valence-electron chi connectivity index (χ0n) is 18.6. The van der Waals surface area contributed by atoms with E-state index >= 15 is 0 Å². The highest BCUT2D eigenvalue weighted by Crippen LogP contribution is 2.30. The van der Waals surface area contributed by atoms with Gasteiger partial charge < -0.3 is 14.8 Å². The van der Waals surface area contributed by atoms with E-state index < -0.39 is 0 Å². The van der Waals surface area contributed by atoms with Crippen LogP contribution in [0.25, 0.3) is 16.6 Å². The molecule has 1 amide bonds. The summed E-state index contributed by atoms with van der Waals surface area (Å²) >= 11 is 7.09. The van der Waals surface area contributed by atoms with Crippen LogP contribution in [0.2, 0.25) is 5.02 Å². The van der Waals surface area contributed by atoms with Gasteiger partial charge in [-0.3, -0.25) is 14.2 Å². The second-order valence-electron chi connectivity index (χ2n) is 7.28. The molecule has 0 aliphatic heterocycles. The normalized spacial score (nSPS) is 10.8. The summed E-state index contributed by atoms with van der Waals surface area (Å²) in [4.78, 5) is 30.6. The third kappa shape index (κ3) is 5.18. The van der Waals surface area contributed by atoms with Crippen molar-refractivity contribution in [3.8, 4) is 17.2 Å². The lowest BCUT2D eigenvalue weighted by Crippen LogP contribution is -2.26. The molecule has 4 aromatic rings. The average molecular weight is 496 g/mol. The number of ether oxygens (including phenoxy) is 2. The third-order valence-corrected chi connectivity index (χ3v) is 6.30. The SMILES string of the molecule is COc1ccc(-n2c(SCC(=O)NCc3ccc(Cl)cc3)nc3ccccc3c2=O)cc1OC. The van der Waals surface area contributed by atoms with Gasteiger partial charge in [0.15, 0.2) is 16.7 Å². The van der Waals surface area contributed by atoms with Gasteiger partial charge in [0, 0.05) is 17.6 Å². The summed E-state index contributed by atoms with van der Waals surface area (Å²) in [6.45, 7) is 0.379. The molecular formula is C25H22ClN3O4S. The number of hydrogen-bond acceptors (Lipinski definition) is 6. The first-order valence-corrected chi connectivity index (χ1v) is 11.7. The fourth-order valence-electron chi connectivity index (χ4n) is 3.38. The Bertz CT molecular complexity index is 1390. The topological polar surface area (TPSA) is 82.5 Å². The molecule has 0 fully saturated rings. The van der Waals surface area contributed by atoms with Gasteiger partial charge >= 0.3 is 0 Å². The highest BCUT2D eigenvalue weighted by molar-refractivity contribution is 7.99. The zero-order valence-corrected chi connectivity index (χ0v) is 20.2. The summed E-state index contributed by atoms with van der Waals surface area (Å²) in [5, 5.41) is 4.40. The van der Waals surface area contributed by atoms with Crippen molar-refractivity contribution in [3.63, 3.8) is 0 Å². The van der Waals surface area contributed by atoms with Crippen LogP contribution in [0.5, 0.6) is 11.5 Å². The maximum absolute atomic E-state index is 13.4. The van der Waals surface area contributed by atoms with Crippen molar-refractivity contribution in [1.82, 2.24) is 14.9 Å². The summed E-state index contributed by atoms with van der Waals surface area (Å²) in [6.07, 6.45) is 0. The Morgan fingerprint density at radius 2 is 1.76 bits per heavy atom. The van der Waals surface area contributed by atoms with Gasteiger partial charge in [-0.2, -0.15) is 0 Å². The first-order chi connectivity index (χ1) is 16.5. The Balaban J connectivity index is 1.63. The van der Waals surface area contributed by atoms with Crippen LogP contribution in [0, 0.1) is 0 Å². The lowest BCUT2D eigenvalue weighted by Gasteiger charge is -2.15. The van der Waals surface area contributed by atoms with E-state index in [4.69, 9.17) is 21.1 Å². The van der Waals surface area contributed by atoms with Gasteiger partial charge in [-0.25, -0.2) is 4.98 Å². The Kier molecular flexibility index (Phi) is 7.40. The van der Waals surface area contributed by atoms with E-state index in [1.54, 1.807) is 55.6 Å². The molecule has 1 aromatic heterocycles. The third-order valence-electron chi connectivity index (χ3n) is 5.11. The largest absolute Gasteiger partial charge is 0.493 e. The number of fused-ring (bicyclic) bond motifs is 1. The van der Waals surface area contributed by atoms with E-state index in [2.05, 4.69) is 10.3 Å². The number of thioether (sulfide) groups is 1. The molecule has 34 heavy (non-hydrogen) atoms. The standard InChI is InChI=1S/C25H22ClN3O4S/c1-32-21-12-11-18(13-22(21)33-2)29-24(31)19-5-3-4-6-20(19)28-25(29)34-15-23(30)27-14-16-7-9-17(26)10-8-16/h3-13H,14-15H2,1-2H3,(H,27,30). The molecule has 0 aliphatic carbocycles. The second kappa shape index (κ2) is 10.6. The average Bonchev–Trinajstić information content (AvgIpc) is 2.87. The van der Waals surface area contributed by atoms with Gasteiger partial charge in [-0.15, -0.1) is 0 Å². The molecule has 0 unspecified atom stereocenters. The number of benzene rings is 3. The molecule has 7 nitrogen and oxygen atoms in total. The van der Waals surface area contributed by atoms with Gasteiger partial charge in [-0.05, 0) is 42.0 Å². The number of para-hydroxylation sites is 1. The minimum Gasteiger partial charge on any atom is -0.493 e. The van der Waals surface area contributed by atoms with E-state index in [1.807, 2.05) is 18.2 Å². The van der Waals surface area contributed by atoms with Crippen molar-refractivity contribution in [2.45, 2.75) is 11.7 Å². The van der Waals surface area contributed by atoms with Gasteiger partial charge in [-0.1, -0.05) is 47.6 Å². The number of carbonyl (C=O) groups excluding carboxylic acids is 1. The molecule has 0 saturated heterocycles. The molecule has 0 spiro atoms. The van der Waals surface area contributed by atoms with Crippen molar-refractivity contribution >= 4 is 40.2 Å². The highest BCUT2D eigenvalue weighted by atomic mass is 35.5. The molecule has 0 bridgehead atoms. The first kappa shape index (κ1) is 23.7. The number of aromatic nitrogens is 2. The predicted octanol–water partition coefficient (Wildman–Crippen LogP) is 4.46. The molecule has 4 rings (SSSR count). The number of rotatable bonds is 8. The van der Waals surface area contributed by atoms with Crippen molar-refractivity contribution in [1.29, 1.82) is 0 Å². The van der Waals surface area contributed by atoms with Crippen LogP contribution in [0.15, 0.2) is 76.7 Å². The van der Waals surface area contributed by atoms with E-state index in [0.29, 0.717) is 44.8 Å². The summed E-state index contributed by atoms with van der Waals surface area (Å²) in [5.74, 6) is 0.938. The second-order valence-corrected chi connectivity index (χ2v) is 8.66. The van der Waals surface area contributed by atoms with Crippen molar-refractivity contribution in [2.75, 3.05) is 20.0 Å². The van der Waals surface area contributed by atoms with Crippen molar-refractivity contribution in [3.05, 3.63) is 87.7 Å². The maximum Gasteiger partial charge on any atom is 0.266 e. The van der Waals surface area contributed by atoms with Gasteiger partial charge in [0.25, 0.3) is 5.56 Å². The van der Waals surface area contributed by atoms with Crippen molar-refractivity contribution < 1.29 is 14.3 Å². The highest BCUT2D eigenvalue weighted by Gasteiger charge is 2.16. The summed E-state index contributed by atoms with van der Waals surface area (Å²) in [5.41, 5.74) is 1.83. The molecule has 0 atom stereocenters. The molecule has 0 aliphatic rings. The molecule has 174 valence electrons. The van der Waals surface area contributed by atoms with E-state index in [9.17, 15) is 9.59 Å². The van der Waals surface area contributed by atoms with Crippen LogP contribution >= 0.6 is 23.4 Å². The number of hydrogen-bond donors (Lipinski definition) is 1. The molecule has 1 heterocycles. The number of methoxy groups -OCH3 is 2. The minimum atomic E-state index is -0.234. The predicted molar refractivity (Wildman–Crippen MR) is 134 cm³/mol. The Morgan fingerprint density at radius 1 is 1.03 bits per heavy atom. The lowest BCUT2D eigenvalue weighted by atomic mass is 10.2. The quantitative estimate of drug-likeness (QED) is 0.287. The molecule has 1 N–H and O–H groups in total. The smallest absolute Gasteiger partial charge is 0.266 e. The number of amides is 1. The maximum atomic E-state index is 13.4. The number of halogens is 1. The summed E-state index contributed by atoms with van der Waals surface area (Å²) in [6, 6.07) is 19.6. The van der Waals surface area contributed by atoms with Crippen LogP contribution in [0.1, 0.15) is 5.56 Å². The Morgan fingerprint density at radius 3 is 2.50 bits per heavy atom. The molecule has 3 aromatic carbocycles. The monoisotopic (exact) mass is 495 g/mol. The zero-order chi connectivity index (χ0) is 24.1. The fourth-order valence-corrected chi connectivity index (χ4v) is 4.35. The number of nitrogens with one attached hydrogen (secondary N) is 1. The van der Waals surface area contributed by atoms with Crippen LogP contribution in [-0.2, 0) is 11.3 Å². The molecule has 9 heteroatoms. The van der Waals surface area contributed by atoms with E-state index in [-0.39, 0.29) is 17.2 Å². The van der Waals surface area contributed by atoms with Crippen LogP contribution in [-0.4, -0.2) is 35.4 Å². The number of carbonyl (C=O) groups is 1. The Labute approximate surface area is 205 Å². The van der Waals surface area contributed by atoms with Crippen LogP contribution in [0.4, 0.5) is 0 Å². The Hall–Kier alpha value is -3.49.